The van der Waals surface area contributed by atoms with Crippen LogP contribution in [0.1, 0.15) is 16.1 Å². The highest BCUT2D eigenvalue weighted by molar-refractivity contribution is 6.30. The second kappa shape index (κ2) is 6.38. The number of benzene rings is 1. The number of nitrogens with zero attached hydrogens (tertiary/aromatic N) is 2. The third kappa shape index (κ3) is 2.73. The summed E-state index contributed by atoms with van der Waals surface area (Å²) in [5.74, 6) is -0.774. The molecule has 0 unspecified atom stereocenters. The first-order valence-electron chi connectivity index (χ1n) is 8.23. The number of carbonyl (C=O) groups excluding carboxylic acids is 4. The number of barbiturate groups is 1. The molecule has 0 spiro atoms. The van der Waals surface area contributed by atoms with Gasteiger partial charge in [0.15, 0.2) is 0 Å². The van der Waals surface area contributed by atoms with Crippen molar-refractivity contribution in [3.8, 4) is 17.1 Å². The summed E-state index contributed by atoms with van der Waals surface area (Å²) in [6, 6.07) is 7.43. The number of hydrogen-bond donors (Lipinski definition) is 0. The number of likely N-dealkylation sites (N-methyl/N-ethyl adjacent to an activating group) is 2. The minimum Gasteiger partial charge on any atom is -0.457 e. The van der Waals surface area contributed by atoms with E-state index in [0.29, 0.717) is 22.6 Å². The van der Waals surface area contributed by atoms with Gasteiger partial charge in [-0.1, -0.05) is 6.07 Å². The molecule has 142 valence electrons. The summed E-state index contributed by atoms with van der Waals surface area (Å²) in [5, 5.41) is 0. The van der Waals surface area contributed by atoms with Crippen LogP contribution in [0, 0.1) is 0 Å². The van der Waals surface area contributed by atoms with Crippen LogP contribution in [0.5, 0.6) is 5.75 Å². The minimum absolute atomic E-state index is 0.158. The number of fused-ring (bicyclic) bond motifs is 1. The third-order valence-electron chi connectivity index (χ3n) is 4.45. The molecule has 1 saturated heterocycles. The summed E-state index contributed by atoms with van der Waals surface area (Å²) in [6.45, 7) is -0.158. The van der Waals surface area contributed by atoms with E-state index in [0.717, 1.165) is 9.80 Å². The standard InChI is InChI=1S/C19H14N2O7/c1-20-16(22)13(17(23)21(2)19(20)25)8-11-4-6-14(28-11)10-3-5-12-15(7-10)26-9-27-18(12)24/h3-8H,9H2,1-2H3. The van der Waals surface area contributed by atoms with Crippen LogP contribution in [0.15, 0.2) is 40.3 Å². The molecule has 1 aromatic heterocycles. The van der Waals surface area contributed by atoms with Crippen molar-refractivity contribution in [1.29, 1.82) is 0 Å². The topological polar surface area (TPSA) is 106 Å². The number of carbonyl (C=O) groups is 4. The number of ether oxygens (including phenoxy) is 2. The van der Waals surface area contributed by atoms with Gasteiger partial charge in [-0.15, -0.1) is 0 Å². The zero-order chi connectivity index (χ0) is 20.0. The Morgan fingerprint density at radius 1 is 0.929 bits per heavy atom. The van der Waals surface area contributed by atoms with Gasteiger partial charge in [-0.05, 0) is 30.3 Å². The molecule has 9 heteroatoms. The summed E-state index contributed by atoms with van der Waals surface area (Å²) in [4.78, 5) is 49.7. The number of rotatable bonds is 2. The van der Waals surface area contributed by atoms with Gasteiger partial charge in [0.2, 0.25) is 6.79 Å². The molecule has 1 aromatic carbocycles. The molecule has 28 heavy (non-hydrogen) atoms. The van der Waals surface area contributed by atoms with Gasteiger partial charge in [-0.3, -0.25) is 19.4 Å². The molecular formula is C19H14N2O7. The van der Waals surface area contributed by atoms with E-state index in [1.165, 1.54) is 20.2 Å². The maximum Gasteiger partial charge on any atom is 0.344 e. The van der Waals surface area contributed by atoms with E-state index in [4.69, 9.17) is 13.9 Å². The van der Waals surface area contributed by atoms with E-state index in [2.05, 4.69) is 0 Å². The van der Waals surface area contributed by atoms with Gasteiger partial charge in [0, 0.05) is 19.7 Å². The van der Waals surface area contributed by atoms with E-state index in [9.17, 15) is 19.2 Å². The summed E-state index contributed by atoms with van der Waals surface area (Å²) >= 11 is 0. The fraction of sp³-hybridized carbons (Fsp3) is 0.158. The molecule has 2 aliphatic rings. The lowest BCUT2D eigenvalue weighted by molar-refractivity contribution is -0.134. The van der Waals surface area contributed by atoms with Crippen molar-refractivity contribution in [2.45, 2.75) is 0 Å². The van der Waals surface area contributed by atoms with Gasteiger partial charge in [-0.25, -0.2) is 9.59 Å². The first-order chi connectivity index (χ1) is 13.4. The smallest absolute Gasteiger partial charge is 0.344 e. The van der Waals surface area contributed by atoms with Gasteiger partial charge >= 0.3 is 12.0 Å². The van der Waals surface area contributed by atoms with Gasteiger partial charge in [0.05, 0.1) is 0 Å². The number of hydrogen-bond acceptors (Lipinski definition) is 7. The molecule has 1 fully saturated rings. The molecule has 0 aliphatic carbocycles. The average Bonchev–Trinajstić information content (AvgIpc) is 3.17. The molecule has 2 aromatic rings. The normalized spacial score (nSPS) is 16.7. The van der Waals surface area contributed by atoms with Crippen molar-refractivity contribution < 1.29 is 33.1 Å². The Balaban J connectivity index is 1.66. The van der Waals surface area contributed by atoms with Gasteiger partial charge in [0.1, 0.15) is 28.4 Å². The second-order valence-corrected chi connectivity index (χ2v) is 6.18. The Hall–Kier alpha value is -3.88. The lowest BCUT2D eigenvalue weighted by Gasteiger charge is -2.28. The fourth-order valence-electron chi connectivity index (χ4n) is 2.89. The molecule has 0 N–H and O–H groups in total. The zero-order valence-corrected chi connectivity index (χ0v) is 14.9. The number of imide groups is 2. The first-order valence-corrected chi connectivity index (χ1v) is 8.23. The van der Waals surface area contributed by atoms with Crippen LogP contribution in [-0.4, -0.2) is 54.5 Å². The minimum atomic E-state index is -0.702. The molecule has 4 amide bonds. The Kier molecular flexibility index (Phi) is 3.99. The SMILES string of the molecule is CN1C(=O)C(=Cc2ccc(-c3ccc4c(c3)OCOC4=O)o2)C(=O)N(C)C1=O. The van der Waals surface area contributed by atoms with Crippen LogP contribution in [-0.2, 0) is 14.3 Å². The Bertz CT molecular complexity index is 1040. The van der Waals surface area contributed by atoms with Crippen molar-refractivity contribution in [2.75, 3.05) is 20.9 Å². The largest absolute Gasteiger partial charge is 0.457 e. The van der Waals surface area contributed by atoms with Crippen molar-refractivity contribution in [3.05, 3.63) is 47.2 Å². The number of urea groups is 1. The molecule has 0 saturated carbocycles. The van der Waals surface area contributed by atoms with Crippen molar-refractivity contribution in [3.63, 3.8) is 0 Å². The van der Waals surface area contributed by atoms with Crippen molar-refractivity contribution in [2.24, 2.45) is 0 Å². The fourth-order valence-corrected chi connectivity index (χ4v) is 2.89. The maximum absolute atomic E-state index is 12.3. The summed E-state index contributed by atoms with van der Waals surface area (Å²) < 4.78 is 15.8. The summed E-state index contributed by atoms with van der Waals surface area (Å²) in [5.41, 5.74) is 0.781. The van der Waals surface area contributed by atoms with Crippen LogP contribution in [0.3, 0.4) is 0 Å². The van der Waals surface area contributed by atoms with Crippen LogP contribution >= 0.6 is 0 Å². The monoisotopic (exact) mass is 382 g/mol. The van der Waals surface area contributed by atoms with Crippen molar-refractivity contribution in [1.82, 2.24) is 9.80 Å². The molecule has 0 radical (unpaired) electrons. The van der Waals surface area contributed by atoms with Gasteiger partial charge in [0.25, 0.3) is 11.8 Å². The van der Waals surface area contributed by atoms with Crippen molar-refractivity contribution >= 4 is 29.9 Å². The highest BCUT2D eigenvalue weighted by atomic mass is 16.7. The molecule has 0 bridgehead atoms. The van der Waals surface area contributed by atoms with E-state index in [1.807, 2.05) is 0 Å². The highest BCUT2D eigenvalue weighted by Gasteiger charge is 2.38. The molecule has 3 heterocycles. The van der Waals surface area contributed by atoms with E-state index in [1.54, 1.807) is 30.3 Å². The van der Waals surface area contributed by atoms with Gasteiger partial charge < -0.3 is 13.9 Å². The molecule has 2 aliphatic heterocycles. The van der Waals surface area contributed by atoms with Crippen LogP contribution in [0.2, 0.25) is 0 Å². The number of cyclic esters (lactones) is 1. The van der Waals surface area contributed by atoms with Crippen LogP contribution in [0.25, 0.3) is 17.4 Å². The Morgan fingerprint density at radius 2 is 1.64 bits per heavy atom. The molecule has 9 nitrogen and oxygen atoms in total. The van der Waals surface area contributed by atoms with Crippen LogP contribution < -0.4 is 4.74 Å². The predicted molar refractivity (Wildman–Crippen MR) is 94.0 cm³/mol. The number of esters is 1. The zero-order valence-electron chi connectivity index (χ0n) is 14.9. The molecular weight excluding hydrogens is 368 g/mol. The number of furan rings is 1. The third-order valence-corrected chi connectivity index (χ3v) is 4.45. The average molecular weight is 382 g/mol. The molecule has 4 rings (SSSR count). The lowest BCUT2D eigenvalue weighted by Crippen LogP contribution is -2.52. The van der Waals surface area contributed by atoms with E-state index in [-0.39, 0.29) is 18.1 Å². The lowest BCUT2D eigenvalue weighted by atomic mass is 10.1. The number of amides is 4. The second-order valence-electron chi connectivity index (χ2n) is 6.18. The maximum atomic E-state index is 12.3. The summed E-state index contributed by atoms with van der Waals surface area (Å²) in [7, 11) is 2.60. The quantitative estimate of drug-likeness (QED) is 0.443. The predicted octanol–water partition coefficient (Wildman–Crippen LogP) is 1.89. The van der Waals surface area contributed by atoms with E-state index < -0.39 is 23.8 Å². The first kappa shape index (κ1) is 17.5. The van der Waals surface area contributed by atoms with Gasteiger partial charge in [-0.2, -0.15) is 0 Å². The Labute approximate surface area is 158 Å². The Morgan fingerprint density at radius 3 is 2.36 bits per heavy atom. The highest BCUT2D eigenvalue weighted by Crippen LogP contribution is 2.31. The van der Waals surface area contributed by atoms with E-state index >= 15 is 0 Å². The van der Waals surface area contributed by atoms with Crippen LogP contribution in [0.4, 0.5) is 4.79 Å². The summed E-state index contributed by atoms with van der Waals surface area (Å²) in [6.07, 6.45) is 1.29. The molecule has 0 atom stereocenters.